The Morgan fingerprint density at radius 3 is 2.06 bits per heavy atom. The highest BCUT2D eigenvalue weighted by Gasteiger charge is 2.31. The van der Waals surface area contributed by atoms with E-state index in [0.717, 1.165) is 0 Å². The van der Waals surface area contributed by atoms with Crippen LogP contribution >= 0.6 is 0 Å². The minimum atomic E-state index is -0.417. The summed E-state index contributed by atoms with van der Waals surface area (Å²) in [5.74, 6) is 0.100. The third kappa shape index (κ3) is 5.85. The van der Waals surface area contributed by atoms with Crippen LogP contribution in [0, 0.1) is 5.41 Å². The maximum Gasteiger partial charge on any atom is 0.160 e. The topological polar surface area (TPSA) is 50.7 Å². The molecule has 1 unspecified atom stereocenters. The molecule has 0 rings (SSSR count). The number of oxime groups is 1. The highest BCUT2D eigenvalue weighted by Crippen LogP contribution is 2.17. The van der Waals surface area contributed by atoms with E-state index in [2.05, 4.69) is 15.3 Å². The monoisotopic (exact) mass is 228 g/mol. The smallest absolute Gasteiger partial charge is 0.160 e. The molecule has 0 bridgehead atoms. The lowest BCUT2D eigenvalue weighted by atomic mass is 9.86. The fraction of sp³-hybridized carbons (Fsp3) is 0.833. The van der Waals surface area contributed by atoms with Crippen LogP contribution in [0.15, 0.2) is 5.16 Å². The Balaban J connectivity index is 4.82. The number of hydrogen-bond acceptors (Lipinski definition) is 4. The van der Waals surface area contributed by atoms with Gasteiger partial charge in [-0.2, -0.15) is 0 Å². The van der Waals surface area contributed by atoms with Gasteiger partial charge in [0.2, 0.25) is 0 Å². The molecule has 0 aromatic rings. The van der Waals surface area contributed by atoms with Crippen molar-refractivity contribution in [2.75, 3.05) is 7.11 Å². The largest absolute Gasteiger partial charge is 0.399 e. The van der Waals surface area contributed by atoms with Gasteiger partial charge >= 0.3 is 0 Å². The Bertz CT molecular complexity index is 259. The lowest BCUT2D eigenvalue weighted by Crippen LogP contribution is -2.51. The first-order chi connectivity index (χ1) is 7.08. The Morgan fingerprint density at radius 1 is 1.25 bits per heavy atom. The minimum Gasteiger partial charge on any atom is -0.399 e. The number of carbonyl (C=O) groups is 1. The zero-order chi connectivity index (χ0) is 13.0. The van der Waals surface area contributed by atoms with Gasteiger partial charge in [-0.15, -0.1) is 0 Å². The van der Waals surface area contributed by atoms with Gasteiger partial charge in [0.15, 0.2) is 5.78 Å². The van der Waals surface area contributed by atoms with Crippen molar-refractivity contribution in [2.24, 2.45) is 10.6 Å². The van der Waals surface area contributed by atoms with Gasteiger partial charge in [-0.1, -0.05) is 25.9 Å². The second kappa shape index (κ2) is 5.43. The van der Waals surface area contributed by atoms with Crippen molar-refractivity contribution in [3.8, 4) is 0 Å². The quantitative estimate of drug-likeness (QED) is 0.591. The third-order valence-corrected chi connectivity index (χ3v) is 1.93. The van der Waals surface area contributed by atoms with Crippen molar-refractivity contribution in [1.82, 2.24) is 5.32 Å². The summed E-state index contributed by atoms with van der Waals surface area (Å²) >= 11 is 0. The molecule has 0 aromatic heterocycles. The number of nitrogens with zero attached hydrogens (tertiary/aromatic N) is 1. The predicted octanol–water partition coefficient (Wildman–Crippen LogP) is 1.99. The maximum atomic E-state index is 12.1. The molecule has 0 radical (unpaired) electrons. The van der Waals surface area contributed by atoms with Crippen LogP contribution < -0.4 is 5.32 Å². The van der Waals surface area contributed by atoms with E-state index < -0.39 is 11.5 Å². The van der Waals surface area contributed by atoms with Gasteiger partial charge in [0.25, 0.3) is 0 Å². The molecule has 0 heterocycles. The number of nitrogens with one attached hydrogen (secondary N) is 1. The summed E-state index contributed by atoms with van der Waals surface area (Å²) in [6.07, 6.45) is 1.51. The van der Waals surface area contributed by atoms with E-state index in [4.69, 9.17) is 0 Å². The highest BCUT2D eigenvalue weighted by molar-refractivity contribution is 6.01. The van der Waals surface area contributed by atoms with Crippen LogP contribution in [0.2, 0.25) is 0 Å². The van der Waals surface area contributed by atoms with E-state index in [-0.39, 0.29) is 11.3 Å². The molecular weight excluding hydrogens is 204 g/mol. The van der Waals surface area contributed by atoms with E-state index in [1.165, 1.54) is 13.3 Å². The van der Waals surface area contributed by atoms with Crippen LogP contribution in [0.4, 0.5) is 0 Å². The molecule has 94 valence electrons. The molecule has 1 N–H and O–H groups in total. The van der Waals surface area contributed by atoms with Crippen LogP contribution in [0.1, 0.15) is 41.5 Å². The SMILES string of the molecule is CON=CC(NC(C)(C)C)C(=O)C(C)(C)C. The second-order valence-electron chi connectivity index (χ2n) is 5.92. The molecule has 16 heavy (non-hydrogen) atoms. The lowest BCUT2D eigenvalue weighted by molar-refractivity contribution is -0.127. The van der Waals surface area contributed by atoms with Crippen molar-refractivity contribution >= 4 is 12.0 Å². The summed E-state index contributed by atoms with van der Waals surface area (Å²) in [7, 11) is 1.46. The number of rotatable bonds is 4. The van der Waals surface area contributed by atoms with Gasteiger partial charge in [-0.05, 0) is 20.8 Å². The highest BCUT2D eigenvalue weighted by atomic mass is 16.6. The van der Waals surface area contributed by atoms with Gasteiger partial charge in [-0.25, -0.2) is 0 Å². The molecule has 0 amide bonds. The van der Waals surface area contributed by atoms with Crippen molar-refractivity contribution in [2.45, 2.75) is 53.1 Å². The minimum absolute atomic E-state index is 0.100. The summed E-state index contributed by atoms with van der Waals surface area (Å²) in [4.78, 5) is 16.8. The number of carbonyl (C=O) groups excluding carboxylic acids is 1. The molecule has 0 aliphatic heterocycles. The molecule has 4 nitrogen and oxygen atoms in total. The summed E-state index contributed by atoms with van der Waals surface area (Å²) < 4.78 is 0. The zero-order valence-corrected chi connectivity index (χ0v) is 11.4. The summed E-state index contributed by atoms with van der Waals surface area (Å²) in [5.41, 5.74) is -0.548. The van der Waals surface area contributed by atoms with Crippen molar-refractivity contribution in [1.29, 1.82) is 0 Å². The molecule has 0 aromatic carbocycles. The molecule has 0 fully saturated rings. The van der Waals surface area contributed by atoms with E-state index in [9.17, 15) is 4.79 Å². The van der Waals surface area contributed by atoms with E-state index in [1.54, 1.807) is 0 Å². The second-order valence-corrected chi connectivity index (χ2v) is 5.92. The Labute approximate surface area is 98.4 Å². The fourth-order valence-electron chi connectivity index (χ4n) is 1.23. The van der Waals surface area contributed by atoms with Gasteiger partial charge in [0.1, 0.15) is 13.2 Å². The third-order valence-electron chi connectivity index (χ3n) is 1.93. The van der Waals surface area contributed by atoms with Gasteiger partial charge in [-0.3, -0.25) is 10.1 Å². The molecule has 0 aliphatic rings. The number of ketones is 1. The average molecular weight is 228 g/mol. The van der Waals surface area contributed by atoms with Crippen LogP contribution in [0.5, 0.6) is 0 Å². The zero-order valence-electron chi connectivity index (χ0n) is 11.4. The maximum absolute atomic E-state index is 12.1. The van der Waals surface area contributed by atoms with Gasteiger partial charge in [0, 0.05) is 11.0 Å². The van der Waals surface area contributed by atoms with E-state index in [0.29, 0.717) is 0 Å². The standard InChI is InChI=1S/C12H24N2O2/c1-11(2,3)10(15)9(8-13-16-7)14-12(4,5)6/h8-9,14H,1-7H3. The average Bonchev–Trinajstić information content (AvgIpc) is 2.07. The van der Waals surface area contributed by atoms with Gasteiger partial charge < -0.3 is 4.84 Å². The summed E-state index contributed by atoms with van der Waals surface area (Å²) in [6.45, 7) is 11.7. The molecule has 0 spiro atoms. The molecule has 0 aliphatic carbocycles. The van der Waals surface area contributed by atoms with E-state index >= 15 is 0 Å². The first-order valence-electron chi connectivity index (χ1n) is 5.46. The van der Waals surface area contributed by atoms with Crippen molar-refractivity contribution in [3.63, 3.8) is 0 Å². The number of Topliss-reactive ketones (excluding diaryl/α,β-unsaturated/α-hetero) is 1. The van der Waals surface area contributed by atoms with Crippen molar-refractivity contribution < 1.29 is 9.63 Å². The first kappa shape index (κ1) is 15.1. The normalized spacial score (nSPS) is 15.2. The van der Waals surface area contributed by atoms with Crippen LogP contribution in [0.25, 0.3) is 0 Å². The molecular formula is C12H24N2O2. The molecule has 0 saturated heterocycles. The fourth-order valence-corrected chi connectivity index (χ4v) is 1.23. The summed E-state index contributed by atoms with van der Waals surface area (Å²) in [5, 5.41) is 6.90. The van der Waals surface area contributed by atoms with Crippen LogP contribution in [0.3, 0.4) is 0 Å². The molecule has 4 heteroatoms. The molecule has 1 atom stereocenters. The predicted molar refractivity (Wildman–Crippen MR) is 66.6 cm³/mol. The first-order valence-corrected chi connectivity index (χ1v) is 5.46. The Morgan fingerprint density at radius 2 is 1.75 bits per heavy atom. The van der Waals surface area contributed by atoms with Gasteiger partial charge in [0.05, 0.1) is 6.21 Å². The molecule has 0 saturated carbocycles. The Hall–Kier alpha value is -0.900. The van der Waals surface area contributed by atoms with E-state index in [1.807, 2.05) is 41.5 Å². The van der Waals surface area contributed by atoms with Crippen LogP contribution in [-0.2, 0) is 9.63 Å². The Kier molecular flexibility index (Phi) is 5.13. The van der Waals surface area contributed by atoms with Crippen LogP contribution in [-0.4, -0.2) is 30.7 Å². The summed E-state index contributed by atoms with van der Waals surface area (Å²) in [6, 6.07) is -0.417. The lowest BCUT2D eigenvalue weighted by Gasteiger charge is -2.29. The number of hydrogen-bond donors (Lipinski definition) is 1. The van der Waals surface area contributed by atoms with Crippen molar-refractivity contribution in [3.05, 3.63) is 0 Å².